The number of hydrogen-bond acceptors (Lipinski definition) is 6. The average Bonchev–Trinajstić information content (AvgIpc) is 3.27. The molecule has 1 aromatic carbocycles. The van der Waals surface area contributed by atoms with Crippen LogP contribution in [-0.2, 0) is 4.79 Å². The summed E-state index contributed by atoms with van der Waals surface area (Å²) in [5.41, 5.74) is 2.88. The van der Waals surface area contributed by atoms with Crippen molar-refractivity contribution in [1.82, 2.24) is 9.58 Å². The summed E-state index contributed by atoms with van der Waals surface area (Å²) < 4.78 is 40.7. The van der Waals surface area contributed by atoms with Crippen molar-refractivity contribution in [2.45, 2.75) is 26.9 Å². The molecule has 170 valence electrons. The van der Waals surface area contributed by atoms with Crippen LogP contribution < -0.4 is 0 Å². The highest BCUT2D eigenvalue weighted by atomic mass is 32.2. The van der Waals surface area contributed by atoms with Gasteiger partial charge >= 0.3 is 6.18 Å². The summed E-state index contributed by atoms with van der Waals surface area (Å²) in [4.78, 5) is 26.9. The summed E-state index contributed by atoms with van der Waals surface area (Å²) in [5.74, 6) is -1.37. The van der Waals surface area contributed by atoms with Crippen molar-refractivity contribution in [1.29, 1.82) is 5.41 Å². The number of nitro groups is 1. The third kappa shape index (κ3) is 3.84. The number of nitro benzene ring substituents is 1. The number of carbonyl (C=O) groups is 1. The lowest BCUT2D eigenvalue weighted by Gasteiger charge is -2.20. The van der Waals surface area contributed by atoms with Gasteiger partial charge in [-0.2, -0.15) is 28.3 Å². The fourth-order valence-electron chi connectivity index (χ4n) is 3.52. The molecule has 0 fully saturated rings. The van der Waals surface area contributed by atoms with Crippen LogP contribution in [-0.4, -0.2) is 42.6 Å². The number of hydrazone groups is 1. The summed E-state index contributed by atoms with van der Waals surface area (Å²) in [7, 11) is 0. The Kier molecular flexibility index (Phi) is 5.23. The van der Waals surface area contributed by atoms with Gasteiger partial charge in [0.1, 0.15) is 0 Å². The Balaban J connectivity index is 1.77. The number of nitrogens with zero attached hydrogens (tertiary/aromatic N) is 5. The van der Waals surface area contributed by atoms with Gasteiger partial charge in [-0.15, -0.1) is 0 Å². The first kappa shape index (κ1) is 22.5. The van der Waals surface area contributed by atoms with Crippen molar-refractivity contribution in [2.75, 3.05) is 0 Å². The zero-order valence-electron chi connectivity index (χ0n) is 17.4. The Hall–Kier alpha value is -3.74. The molecule has 0 radical (unpaired) electrons. The number of aliphatic imine (C=N–C) groups is 1. The Labute approximate surface area is 188 Å². The van der Waals surface area contributed by atoms with Crippen LogP contribution in [0.2, 0.25) is 0 Å². The predicted molar refractivity (Wildman–Crippen MR) is 118 cm³/mol. The van der Waals surface area contributed by atoms with Gasteiger partial charge in [0.05, 0.1) is 16.2 Å². The van der Waals surface area contributed by atoms with Gasteiger partial charge in [0.15, 0.2) is 5.84 Å². The number of nitrogens with one attached hydrogen (secondary N) is 1. The average molecular weight is 476 g/mol. The van der Waals surface area contributed by atoms with E-state index in [2.05, 4.69) is 10.1 Å². The smallest absolute Gasteiger partial charge is 0.317 e. The first-order chi connectivity index (χ1) is 15.4. The molecule has 2 aliphatic heterocycles. The van der Waals surface area contributed by atoms with E-state index in [4.69, 9.17) is 5.41 Å². The van der Waals surface area contributed by atoms with Gasteiger partial charge in [0, 0.05) is 23.5 Å². The third-order valence-electron chi connectivity index (χ3n) is 5.11. The van der Waals surface area contributed by atoms with Crippen molar-refractivity contribution < 1.29 is 22.9 Å². The molecule has 0 bridgehead atoms. The highest BCUT2D eigenvalue weighted by Crippen LogP contribution is 2.36. The lowest BCUT2D eigenvalue weighted by molar-refractivity contribution is -0.384. The lowest BCUT2D eigenvalue weighted by atomic mass is 10.1. The zero-order valence-corrected chi connectivity index (χ0v) is 18.2. The summed E-state index contributed by atoms with van der Waals surface area (Å²) in [5, 5.41) is 22.0. The molecule has 0 saturated heterocycles. The summed E-state index contributed by atoms with van der Waals surface area (Å²) >= 11 is 0.182. The van der Waals surface area contributed by atoms with Gasteiger partial charge in [-0.25, -0.2) is 0 Å². The predicted octanol–water partition coefficient (Wildman–Crippen LogP) is 4.49. The largest absolute Gasteiger partial charge is 0.441 e. The molecule has 13 heteroatoms. The van der Waals surface area contributed by atoms with Crippen molar-refractivity contribution >= 4 is 45.5 Å². The molecule has 0 spiro atoms. The van der Waals surface area contributed by atoms with E-state index in [1.54, 1.807) is 37.5 Å². The first-order valence-corrected chi connectivity index (χ1v) is 10.2. The second-order valence-corrected chi connectivity index (χ2v) is 8.27. The number of amidine groups is 2. The standard InChI is InChI=1S/C20H15F3N6O3S/c1-9-4-5-13(29(31)32)8-15(9)27-10(2)6-12(11(27)3)7-14-16(24)28-19(25-17(14)30)33-18(26-28)20(21,22)23/h4-8,24H,1-3H3/b14-7-,24-16?. The Morgan fingerprint density at radius 2 is 1.91 bits per heavy atom. The molecule has 1 N–H and O–H groups in total. The fourth-order valence-corrected chi connectivity index (χ4v) is 4.28. The lowest BCUT2D eigenvalue weighted by Crippen LogP contribution is -2.35. The van der Waals surface area contributed by atoms with Gasteiger partial charge in [0.25, 0.3) is 11.6 Å². The minimum absolute atomic E-state index is 0.0843. The van der Waals surface area contributed by atoms with Crippen molar-refractivity contribution in [3.63, 3.8) is 0 Å². The van der Waals surface area contributed by atoms with Crippen molar-refractivity contribution in [3.05, 3.63) is 62.5 Å². The van der Waals surface area contributed by atoms with Crippen LogP contribution in [0, 0.1) is 36.3 Å². The number of carbonyl (C=O) groups excluding carboxylic acids is 1. The van der Waals surface area contributed by atoms with Crippen LogP contribution in [0.25, 0.3) is 11.8 Å². The van der Waals surface area contributed by atoms with E-state index in [9.17, 15) is 28.1 Å². The van der Waals surface area contributed by atoms with Crippen LogP contribution in [0.4, 0.5) is 18.9 Å². The first-order valence-electron chi connectivity index (χ1n) is 9.40. The molecule has 0 aliphatic carbocycles. The van der Waals surface area contributed by atoms with E-state index in [-0.39, 0.29) is 28.2 Å². The number of hydrogen-bond donors (Lipinski definition) is 1. The Morgan fingerprint density at radius 3 is 2.55 bits per heavy atom. The topological polar surface area (TPSA) is 117 Å². The third-order valence-corrected chi connectivity index (χ3v) is 6.06. The Bertz CT molecular complexity index is 1340. The van der Waals surface area contributed by atoms with Crippen LogP contribution >= 0.6 is 11.8 Å². The second kappa shape index (κ2) is 7.69. The fraction of sp³-hybridized carbons (Fsp3) is 0.200. The number of amides is 1. The molecule has 0 atom stereocenters. The summed E-state index contributed by atoms with van der Waals surface area (Å²) in [6, 6.07) is 6.18. The van der Waals surface area contributed by atoms with Gasteiger partial charge in [-0.3, -0.25) is 20.3 Å². The molecule has 0 unspecified atom stereocenters. The number of thioether (sulfide) groups is 1. The van der Waals surface area contributed by atoms with Gasteiger partial charge in [0.2, 0.25) is 10.2 Å². The van der Waals surface area contributed by atoms with Crippen LogP contribution in [0.15, 0.2) is 39.9 Å². The summed E-state index contributed by atoms with van der Waals surface area (Å²) in [6.07, 6.45) is -3.36. The zero-order chi connectivity index (χ0) is 24.2. The van der Waals surface area contributed by atoms with Crippen molar-refractivity contribution in [2.24, 2.45) is 10.1 Å². The normalized spacial score (nSPS) is 17.4. The molecule has 9 nitrogen and oxygen atoms in total. The van der Waals surface area contributed by atoms with E-state index in [1.807, 2.05) is 0 Å². The van der Waals surface area contributed by atoms with Crippen LogP contribution in [0.5, 0.6) is 0 Å². The molecule has 4 rings (SSSR count). The number of rotatable bonds is 3. The minimum Gasteiger partial charge on any atom is -0.317 e. The SMILES string of the molecule is Cc1ccc([N+](=O)[O-])cc1-n1c(C)cc(/C=C2/C(=N)N3N=C(C(F)(F)F)SC3=NC2=O)c1C. The van der Waals surface area contributed by atoms with E-state index in [1.165, 1.54) is 18.2 Å². The number of benzene rings is 1. The van der Waals surface area contributed by atoms with Gasteiger partial charge in [-0.1, -0.05) is 6.07 Å². The Morgan fingerprint density at radius 1 is 1.21 bits per heavy atom. The van der Waals surface area contributed by atoms with E-state index in [0.717, 1.165) is 5.56 Å². The monoisotopic (exact) mass is 476 g/mol. The minimum atomic E-state index is -4.72. The number of fused-ring (bicyclic) bond motifs is 1. The molecular weight excluding hydrogens is 461 g/mol. The number of non-ortho nitro benzene ring substituents is 1. The highest BCUT2D eigenvalue weighted by molar-refractivity contribution is 8.27. The highest BCUT2D eigenvalue weighted by Gasteiger charge is 2.46. The van der Waals surface area contributed by atoms with Gasteiger partial charge in [-0.05, 0) is 55.8 Å². The molecule has 0 saturated carbocycles. The molecule has 2 aromatic rings. The van der Waals surface area contributed by atoms with E-state index in [0.29, 0.717) is 27.6 Å². The number of aromatic nitrogens is 1. The number of halogens is 3. The van der Waals surface area contributed by atoms with E-state index >= 15 is 0 Å². The van der Waals surface area contributed by atoms with Crippen LogP contribution in [0.3, 0.4) is 0 Å². The molecule has 33 heavy (non-hydrogen) atoms. The molecule has 1 aromatic heterocycles. The van der Waals surface area contributed by atoms with Crippen molar-refractivity contribution in [3.8, 4) is 5.69 Å². The molecule has 1 amide bonds. The maximum absolute atomic E-state index is 13.0. The second-order valence-electron chi connectivity index (χ2n) is 7.31. The maximum atomic E-state index is 13.0. The number of alkyl halides is 3. The van der Waals surface area contributed by atoms with Crippen LogP contribution in [0.1, 0.15) is 22.5 Å². The summed E-state index contributed by atoms with van der Waals surface area (Å²) in [6.45, 7) is 5.30. The molecule has 2 aliphatic rings. The van der Waals surface area contributed by atoms with Gasteiger partial charge < -0.3 is 4.57 Å². The maximum Gasteiger partial charge on any atom is 0.441 e. The molecular formula is C20H15F3N6O3S. The quantitative estimate of drug-likeness (QED) is 0.398. The van der Waals surface area contributed by atoms with E-state index < -0.39 is 27.9 Å². The number of aryl methyl sites for hydroxylation is 2. The molecule has 3 heterocycles.